The van der Waals surface area contributed by atoms with Gasteiger partial charge in [0, 0.05) is 39.3 Å². The minimum atomic E-state index is -0.907. The molecule has 0 spiro atoms. The lowest BCUT2D eigenvalue weighted by Crippen LogP contribution is -2.49. The Bertz CT molecular complexity index is 317. The van der Waals surface area contributed by atoms with Crippen molar-refractivity contribution >= 4 is 12.1 Å². The van der Waals surface area contributed by atoms with E-state index < -0.39 is 6.09 Å². The summed E-state index contributed by atoms with van der Waals surface area (Å²) in [7, 11) is 0. The van der Waals surface area contributed by atoms with Crippen molar-refractivity contribution in [1.82, 2.24) is 14.7 Å². The molecule has 0 aromatic heterocycles. The maximum Gasteiger partial charge on any atom is 0.407 e. The predicted octanol–water partition coefficient (Wildman–Crippen LogP) is 0.124. The van der Waals surface area contributed by atoms with Crippen LogP contribution >= 0.6 is 0 Å². The summed E-state index contributed by atoms with van der Waals surface area (Å²) < 4.78 is 5.21. The fraction of sp³-hybridized carbons (Fsp3) is 0.818. The zero-order valence-corrected chi connectivity index (χ0v) is 10.4. The second kappa shape index (κ2) is 5.90. The van der Waals surface area contributed by atoms with E-state index in [1.807, 2.05) is 0 Å². The highest BCUT2D eigenvalue weighted by Crippen LogP contribution is 2.08. The molecule has 2 heterocycles. The van der Waals surface area contributed by atoms with Gasteiger partial charge in [0.05, 0.1) is 13.2 Å². The summed E-state index contributed by atoms with van der Waals surface area (Å²) in [6.45, 7) is 4.41. The van der Waals surface area contributed by atoms with Gasteiger partial charge in [-0.25, -0.2) is 9.59 Å². The van der Waals surface area contributed by atoms with Crippen LogP contribution in [0.4, 0.5) is 9.59 Å². The van der Waals surface area contributed by atoms with E-state index in [0.717, 1.165) is 0 Å². The molecule has 0 aliphatic carbocycles. The number of amides is 3. The summed E-state index contributed by atoms with van der Waals surface area (Å²) in [5.41, 5.74) is 0. The highest BCUT2D eigenvalue weighted by Gasteiger charge is 2.25. The third-order valence-corrected chi connectivity index (χ3v) is 3.32. The minimum Gasteiger partial charge on any atom is -0.465 e. The molecule has 7 nitrogen and oxygen atoms in total. The number of nitrogens with zero attached hydrogens (tertiary/aromatic N) is 3. The maximum absolute atomic E-state index is 12.2. The van der Waals surface area contributed by atoms with Crippen molar-refractivity contribution in [3.05, 3.63) is 0 Å². The van der Waals surface area contributed by atoms with Crippen molar-refractivity contribution in [2.45, 2.75) is 6.42 Å². The van der Waals surface area contributed by atoms with Crippen molar-refractivity contribution < 1.29 is 19.4 Å². The van der Waals surface area contributed by atoms with Gasteiger partial charge < -0.3 is 24.5 Å². The molecule has 0 unspecified atom stereocenters. The molecule has 0 radical (unpaired) electrons. The van der Waals surface area contributed by atoms with Crippen LogP contribution in [0.2, 0.25) is 0 Å². The molecule has 3 amide bonds. The Morgan fingerprint density at radius 3 is 2.06 bits per heavy atom. The summed E-state index contributed by atoms with van der Waals surface area (Å²) in [5, 5.41) is 8.93. The predicted molar refractivity (Wildman–Crippen MR) is 63.6 cm³/mol. The molecule has 18 heavy (non-hydrogen) atoms. The fourth-order valence-electron chi connectivity index (χ4n) is 2.25. The van der Waals surface area contributed by atoms with Crippen LogP contribution in [0.3, 0.4) is 0 Å². The molecule has 0 atom stereocenters. The van der Waals surface area contributed by atoms with Crippen molar-refractivity contribution in [3.8, 4) is 0 Å². The second-order valence-corrected chi connectivity index (χ2v) is 4.49. The van der Waals surface area contributed by atoms with Crippen LogP contribution in [0.1, 0.15) is 6.42 Å². The average Bonchev–Trinajstić information content (AvgIpc) is 2.64. The van der Waals surface area contributed by atoms with Gasteiger partial charge >= 0.3 is 12.1 Å². The highest BCUT2D eigenvalue weighted by atomic mass is 16.5. The van der Waals surface area contributed by atoms with Gasteiger partial charge in [0.2, 0.25) is 0 Å². The van der Waals surface area contributed by atoms with Crippen molar-refractivity contribution in [1.29, 1.82) is 0 Å². The molecular weight excluding hydrogens is 238 g/mol. The zero-order chi connectivity index (χ0) is 13.0. The molecule has 1 N–H and O–H groups in total. The van der Waals surface area contributed by atoms with Gasteiger partial charge in [-0.1, -0.05) is 0 Å². The molecule has 2 rings (SSSR count). The topological polar surface area (TPSA) is 73.3 Å². The van der Waals surface area contributed by atoms with Gasteiger partial charge in [-0.05, 0) is 6.42 Å². The molecule has 102 valence electrons. The number of carboxylic acid groups (broad SMARTS) is 1. The van der Waals surface area contributed by atoms with Gasteiger partial charge in [0.15, 0.2) is 0 Å². The Balaban J connectivity index is 1.88. The van der Waals surface area contributed by atoms with Crippen LogP contribution in [0.5, 0.6) is 0 Å². The Morgan fingerprint density at radius 2 is 1.39 bits per heavy atom. The Kier molecular flexibility index (Phi) is 4.24. The van der Waals surface area contributed by atoms with Crippen LogP contribution in [0.25, 0.3) is 0 Å². The summed E-state index contributed by atoms with van der Waals surface area (Å²) in [6, 6.07) is 0.00513. The fourth-order valence-corrected chi connectivity index (χ4v) is 2.25. The van der Waals surface area contributed by atoms with E-state index in [9.17, 15) is 9.59 Å². The maximum atomic E-state index is 12.2. The van der Waals surface area contributed by atoms with E-state index in [2.05, 4.69) is 0 Å². The SMILES string of the molecule is O=C(O)N1CCCN(C(=O)N2CCOCC2)CC1. The third kappa shape index (κ3) is 3.04. The Labute approximate surface area is 106 Å². The van der Waals surface area contributed by atoms with Crippen LogP contribution < -0.4 is 0 Å². The smallest absolute Gasteiger partial charge is 0.407 e. The molecular formula is C11H19N3O4. The van der Waals surface area contributed by atoms with Gasteiger partial charge in [0.1, 0.15) is 0 Å². The lowest BCUT2D eigenvalue weighted by molar-refractivity contribution is 0.0436. The van der Waals surface area contributed by atoms with E-state index in [4.69, 9.17) is 9.84 Å². The number of ether oxygens (including phenoxy) is 1. The van der Waals surface area contributed by atoms with Crippen LogP contribution in [0.15, 0.2) is 0 Å². The second-order valence-electron chi connectivity index (χ2n) is 4.49. The number of rotatable bonds is 0. The average molecular weight is 257 g/mol. The van der Waals surface area contributed by atoms with E-state index >= 15 is 0 Å². The largest absolute Gasteiger partial charge is 0.465 e. The van der Waals surface area contributed by atoms with E-state index in [0.29, 0.717) is 58.9 Å². The minimum absolute atomic E-state index is 0.00513. The molecule has 7 heteroatoms. The van der Waals surface area contributed by atoms with E-state index in [1.165, 1.54) is 4.90 Å². The van der Waals surface area contributed by atoms with Crippen molar-refractivity contribution in [2.24, 2.45) is 0 Å². The molecule has 2 aliphatic heterocycles. The first-order chi connectivity index (χ1) is 8.68. The number of morpholine rings is 1. The Hall–Kier alpha value is -1.50. The first kappa shape index (κ1) is 12.9. The summed E-state index contributed by atoms with van der Waals surface area (Å²) in [5.74, 6) is 0. The third-order valence-electron chi connectivity index (χ3n) is 3.32. The van der Waals surface area contributed by atoms with Crippen LogP contribution in [-0.4, -0.2) is 84.4 Å². The molecule has 2 aliphatic rings. The molecule has 2 fully saturated rings. The lowest BCUT2D eigenvalue weighted by Gasteiger charge is -2.32. The molecule has 0 saturated carbocycles. The highest BCUT2D eigenvalue weighted by molar-refractivity contribution is 5.74. The Morgan fingerprint density at radius 1 is 0.833 bits per heavy atom. The zero-order valence-electron chi connectivity index (χ0n) is 10.4. The van der Waals surface area contributed by atoms with E-state index in [1.54, 1.807) is 9.80 Å². The van der Waals surface area contributed by atoms with Gasteiger partial charge in [-0.2, -0.15) is 0 Å². The quantitative estimate of drug-likeness (QED) is 0.669. The number of carbonyl (C=O) groups is 2. The van der Waals surface area contributed by atoms with Gasteiger partial charge in [-0.15, -0.1) is 0 Å². The summed E-state index contributed by atoms with van der Waals surface area (Å²) in [4.78, 5) is 28.0. The number of hydrogen-bond donors (Lipinski definition) is 1. The monoisotopic (exact) mass is 257 g/mol. The number of urea groups is 1. The molecule has 0 bridgehead atoms. The van der Waals surface area contributed by atoms with Gasteiger partial charge in [0.25, 0.3) is 0 Å². The van der Waals surface area contributed by atoms with Gasteiger partial charge in [-0.3, -0.25) is 0 Å². The molecule has 2 saturated heterocycles. The van der Waals surface area contributed by atoms with Crippen LogP contribution in [-0.2, 0) is 4.74 Å². The molecule has 0 aromatic carbocycles. The van der Waals surface area contributed by atoms with E-state index in [-0.39, 0.29) is 6.03 Å². The normalized spacial score (nSPS) is 21.7. The first-order valence-corrected chi connectivity index (χ1v) is 6.28. The molecule has 0 aromatic rings. The number of carbonyl (C=O) groups excluding carboxylic acids is 1. The van der Waals surface area contributed by atoms with Crippen molar-refractivity contribution in [2.75, 3.05) is 52.5 Å². The first-order valence-electron chi connectivity index (χ1n) is 6.28. The summed E-state index contributed by atoms with van der Waals surface area (Å²) >= 11 is 0. The standard InChI is InChI=1S/C11H19N3O4/c15-10(13-6-8-18-9-7-13)12-2-1-3-14(5-4-12)11(16)17/h1-9H2,(H,16,17). The van der Waals surface area contributed by atoms with Crippen molar-refractivity contribution in [3.63, 3.8) is 0 Å². The lowest BCUT2D eigenvalue weighted by atomic mass is 10.4. The number of hydrogen-bond acceptors (Lipinski definition) is 3. The summed E-state index contributed by atoms with van der Waals surface area (Å²) in [6.07, 6.45) is -0.210. The van der Waals surface area contributed by atoms with Crippen LogP contribution in [0, 0.1) is 0 Å².